The molecule has 0 fully saturated rings. The lowest BCUT2D eigenvalue weighted by Crippen LogP contribution is -2.23. The van der Waals surface area contributed by atoms with Crippen molar-refractivity contribution >= 4 is 23.4 Å². The zero-order valence-electron chi connectivity index (χ0n) is 11.9. The van der Waals surface area contributed by atoms with Gasteiger partial charge in [0, 0.05) is 11.9 Å². The molecule has 0 aliphatic heterocycles. The molecule has 0 saturated carbocycles. The van der Waals surface area contributed by atoms with Crippen LogP contribution < -0.4 is 5.32 Å². The quantitative estimate of drug-likeness (QED) is 0.869. The van der Waals surface area contributed by atoms with E-state index >= 15 is 0 Å². The standard InChI is InChI=1S/C16H18N2OS/c1-11-7-8-12(2)14(10-11)18-16(19)13(3)20-15-6-4-5-9-17-15/h4-10,13H,1-3H3,(H,18,19)/t13-/m1/s1. The van der Waals surface area contributed by atoms with Crippen molar-refractivity contribution in [3.63, 3.8) is 0 Å². The van der Waals surface area contributed by atoms with E-state index in [9.17, 15) is 4.79 Å². The number of thioether (sulfide) groups is 1. The van der Waals surface area contributed by atoms with Crippen LogP contribution >= 0.6 is 11.8 Å². The summed E-state index contributed by atoms with van der Waals surface area (Å²) in [6, 6.07) is 11.7. The van der Waals surface area contributed by atoms with Crippen LogP contribution in [0.25, 0.3) is 0 Å². The second-order valence-corrected chi connectivity index (χ2v) is 6.10. The van der Waals surface area contributed by atoms with E-state index in [2.05, 4.69) is 10.3 Å². The Morgan fingerprint density at radius 1 is 1.25 bits per heavy atom. The molecule has 2 aromatic rings. The van der Waals surface area contributed by atoms with Gasteiger partial charge in [-0.1, -0.05) is 30.0 Å². The van der Waals surface area contributed by atoms with Crippen LogP contribution in [0.1, 0.15) is 18.1 Å². The zero-order chi connectivity index (χ0) is 14.5. The minimum absolute atomic E-state index is 0.00523. The summed E-state index contributed by atoms with van der Waals surface area (Å²) >= 11 is 1.46. The summed E-state index contributed by atoms with van der Waals surface area (Å²) in [5, 5.41) is 3.65. The number of aryl methyl sites for hydroxylation is 2. The van der Waals surface area contributed by atoms with E-state index in [4.69, 9.17) is 0 Å². The fourth-order valence-corrected chi connectivity index (χ4v) is 2.56. The summed E-state index contributed by atoms with van der Waals surface area (Å²) in [6.07, 6.45) is 1.73. The molecule has 0 aliphatic rings. The maximum Gasteiger partial charge on any atom is 0.237 e. The summed E-state index contributed by atoms with van der Waals surface area (Å²) in [5.74, 6) is -0.00523. The van der Waals surface area contributed by atoms with E-state index in [-0.39, 0.29) is 11.2 Å². The Morgan fingerprint density at radius 3 is 2.75 bits per heavy atom. The van der Waals surface area contributed by atoms with E-state index in [1.807, 2.05) is 57.2 Å². The molecule has 0 bridgehead atoms. The van der Waals surface area contributed by atoms with Crippen molar-refractivity contribution in [3.05, 3.63) is 53.7 Å². The summed E-state index contributed by atoms with van der Waals surface area (Å²) in [6.45, 7) is 5.90. The van der Waals surface area contributed by atoms with Crippen LogP contribution in [-0.4, -0.2) is 16.1 Å². The first-order valence-electron chi connectivity index (χ1n) is 6.52. The predicted molar refractivity (Wildman–Crippen MR) is 84.1 cm³/mol. The average molecular weight is 286 g/mol. The topological polar surface area (TPSA) is 42.0 Å². The van der Waals surface area contributed by atoms with Crippen LogP contribution in [0.4, 0.5) is 5.69 Å². The number of amides is 1. The molecule has 0 unspecified atom stereocenters. The number of nitrogens with one attached hydrogen (secondary N) is 1. The van der Waals surface area contributed by atoms with Gasteiger partial charge in [-0.2, -0.15) is 0 Å². The zero-order valence-corrected chi connectivity index (χ0v) is 12.7. The van der Waals surface area contributed by atoms with Crippen molar-refractivity contribution in [2.75, 3.05) is 5.32 Å². The van der Waals surface area contributed by atoms with Gasteiger partial charge in [-0.25, -0.2) is 4.98 Å². The highest BCUT2D eigenvalue weighted by molar-refractivity contribution is 8.00. The van der Waals surface area contributed by atoms with Crippen molar-refractivity contribution < 1.29 is 4.79 Å². The van der Waals surface area contributed by atoms with Crippen molar-refractivity contribution in [2.24, 2.45) is 0 Å². The lowest BCUT2D eigenvalue weighted by atomic mass is 10.1. The Kier molecular flexibility index (Phi) is 4.79. The maximum absolute atomic E-state index is 12.2. The molecule has 20 heavy (non-hydrogen) atoms. The van der Waals surface area contributed by atoms with Gasteiger partial charge in [-0.3, -0.25) is 4.79 Å². The second-order valence-electron chi connectivity index (χ2n) is 4.74. The molecule has 3 nitrogen and oxygen atoms in total. The third-order valence-electron chi connectivity index (χ3n) is 2.96. The van der Waals surface area contributed by atoms with Crippen LogP contribution in [0.5, 0.6) is 0 Å². The Bertz CT molecular complexity index is 599. The molecular formula is C16H18N2OS. The average Bonchev–Trinajstić information content (AvgIpc) is 2.44. The molecule has 4 heteroatoms. The Labute approximate surface area is 123 Å². The largest absolute Gasteiger partial charge is 0.325 e. The molecule has 1 amide bonds. The first kappa shape index (κ1) is 14.6. The van der Waals surface area contributed by atoms with E-state index in [1.54, 1.807) is 6.20 Å². The predicted octanol–water partition coefficient (Wildman–Crippen LogP) is 3.82. The summed E-state index contributed by atoms with van der Waals surface area (Å²) in [5.41, 5.74) is 3.08. The van der Waals surface area contributed by atoms with E-state index < -0.39 is 0 Å². The van der Waals surface area contributed by atoms with Crippen LogP contribution in [0.3, 0.4) is 0 Å². The monoisotopic (exact) mass is 286 g/mol. The highest BCUT2D eigenvalue weighted by atomic mass is 32.2. The molecule has 0 spiro atoms. The van der Waals surface area contributed by atoms with Gasteiger partial charge in [0.05, 0.1) is 10.3 Å². The molecule has 0 saturated heterocycles. The number of anilines is 1. The number of carbonyl (C=O) groups is 1. The van der Waals surface area contributed by atoms with Crippen molar-refractivity contribution in [1.82, 2.24) is 4.98 Å². The van der Waals surface area contributed by atoms with Gasteiger partial charge in [-0.05, 0) is 50.1 Å². The Balaban J connectivity index is 2.02. The first-order valence-corrected chi connectivity index (χ1v) is 7.40. The minimum atomic E-state index is -0.190. The third-order valence-corrected chi connectivity index (χ3v) is 4.01. The number of pyridine rings is 1. The maximum atomic E-state index is 12.2. The van der Waals surface area contributed by atoms with Crippen molar-refractivity contribution in [3.8, 4) is 0 Å². The smallest absolute Gasteiger partial charge is 0.237 e. The molecule has 0 aliphatic carbocycles. The van der Waals surface area contributed by atoms with Gasteiger partial charge in [0.15, 0.2) is 0 Å². The van der Waals surface area contributed by atoms with E-state index in [0.717, 1.165) is 21.8 Å². The van der Waals surface area contributed by atoms with Crippen LogP contribution in [0, 0.1) is 13.8 Å². The van der Waals surface area contributed by atoms with Gasteiger partial charge in [0.1, 0.15) is 0 Å². The van der Waals surface area contributed by atoms with Gasteiger partial charge in [-0.15, -0.1) is 0 Å². The van der Waals surface area contributed by atoms with Gasteiger partial charge >= 0.3 is 0 Å². The first-order chi connectivity index (χ1) is 9.56. The third kappa shape index (κ3) is 3.84. The summed E-state index contributed by atoms with van der Waals surface area (Å²) in [4.78, 5) is 16.4. The fraction of sp³-hybridized carbons (Fsp3) is 0.250. The summed E-state index contributed by atoms with van der Waals surface area (Å²) in [7, 11) is 0. The minimum Gasteiger partial charge on any atom is -0.325 e. The van der Waals surface area contributed by atoms with Crippen molar-refractivity contribution in [1.29, 1.82) is 0 Å². The summed E-state index contributed by atoms with van der Waals surface area (Å²) < 4.78 is 0. The van der Waals surface area contributed by atoms with E-state index in [1.165, 1.54) is 11.8 Å². The van der Waals surface area contributed by atoms with Gasteiger partial charge in [0.25, 0.3) is 0 Å². The number of carbonyl (C=O) groups excluding carboxylic acids is 1. The second kappa shape index (κ2) is 6.57. The Hall–Kier alpha value is -1.81. The molecular weight excluding hydrogens is 268 g/mol. The Morgan fingerprint density at radius 2 is 2.05 bits per heavy atom. The number of nitrogens with zero attached hydrogens (tertiary/aromatic N) is 1. The number of aromatic nitrogens is 1. The van der Waals surface area contributed by atoms with Gasteiger partial charge < -0.3 is 5.32 Å². The molecule has 2 rings (SSSR count). The lowest BCUT2D eigenvalue weighted by molar-refractivity contribution is -0.115. The van der Waals surface area contributed by atoms with Crippen LogP contribution in [-0.2, 0) is 4.79 Å². The van der Waals surface area contributed by atoms with Crippen molar-refractivity contribution in [2.45, 2.75) is 31.0 Å². The SMILES string of the molecule is Cc1ccc(C)c(NC(=O)[C@@H](C)Sc2ccccn2)c1. The van der Waals surface area contributed by atoms with Crippen LogP contribution in [0.15, 0.2) is 47.6 Å². The molecule has 1 heterocycles. The molecule has 1 atom stereocenters. The fourth-order valence-electron chi connectivity index (χ4n) is 1.76. The highest BCUT2D eigenvalue weighted by Crippen LogP contribution is 2.23. The number of benzene rings is 1. The normalized spacial score (nSPS) is 11.9. The number of hydrogen-bond acceptors (Lipinski definition) is 3. The molecule has 104 valence electrons. The highest BCUT2D eigenvalue weighted by Gasteiger charge is 2.15. The molecule has 1 aromatic carbocycles. The van der Waals surface area contributed by atoms with E-state index in [0.29, 0.717) is 0 Å². The van der Waals surface area contributed by atoms with Gasteiger partial charge in [0.2, 0.25) is 5.91 Å². The molecule has 1 aromatic heterocycles. The molecule has 0 radical (unpaired) electrons. The molecule has 1 N–H and O–H groups in total. The lowest BCUT2D eigenvalue weighted by Gasteiger charge is -2.13. The number of hydrogen-bond donors (Lipinski definition) is 1. The number of rotatable bonds is 4. The van der Waals surface area contributed by atoms with Crippen LogP contribution in [0.2, 0.25) is 0 Å².